The molecule has 0 aliphatic carbocycles. The lowest BCUT2D eigenvalue weighted by Gasteiger charge is -2.16. The van der Waals surface area contributed by atoms with Crippen molar-refractivity contribution in [2.75, 3.05) is 6.61 Å². The molecule has 19 heavy (non-hydrogen) atoms. The van der Waals surface area contributed by atoms with Crippen molar-refractivity contribution in [3.63, 3.8) is 0 Å². The van der Waals surface area contributed by atoms with E-state index in [1.54, 1.807) is 0 Å². The van der Waals surface area contributed by atoms with Crippen LogP contribution < -0.4 is 10.5 Å². The molecule has 0 fully saturated rings. The largest absolute Gasteiger partial charge is 0.493 e. The Kier molecular flexibility index (Phi) is 3.82. The van der Waals surface area contributed by atoms with Crippen molar-refractivity contribution in [1.82, 2.24) is 0 Å². The van der Waals surface area contributed by atoms with Crippen molar-refractivity contribution in [3.05, 3.63) is 61.1 Å². The van der Waals surface area contributed by atoms with Crippen molar-refractivity contribution in [2.24, 2.45) is 5.73 Å². The van der Waals surface area contributed by atoms with Crippen LogP contribution >= 0.6 is 38.5 Å². The molecule has 1 unspecified atom stereocenters. The number of halogens is 2. The third-order valence-electron chi connectivity index (χ3n) is 3.37. The lowest BCUT2D eigenvalue weighted by atomic mass is 9.97. The Morgan fingerprint density at radius 1 is 1.21 bits per heavy atom. The highest BCUT2D eigenvalue weighted by Crippen LogP contribution is 2.32. The molecule has 0 saturated carbocycles. The topological polar surface area (TPSA) is 35.2 Å². The van der Waals surface area contributed by atoms with E-state index < -0.39 is 0 Å². The summed E-state index contributed by atoms with van der Waals surface area (Å²) in [5, 5.41) is 0. The van der Waals surface area contributed by atoms with Crippen LogP contribution in [0.3, 0.4) is 0 Å². The van der Waals surface area contributed by atoms with Crippen LogP contribution in [0, 0.1) is 3.57 Å². The molecule has 1 atom stereocenters. The van der Waals surface area contributed by atoms with Crippen LogP contribution in [-0.4, -0.2) is 6.61 Å². The van der Waals surface area contributed by atoms with E-state index in [9.17, 15) is 0 Å². The summed E-state index contributed by atoms with van der Waals surface area (Å²) in [6, 6.07) is 12.4. The van der Waals surface area contributed by atoms with Gasteiger partial charge in [-0.1, -0.05) is 28.1 Å². The average Bonchev–Trinajstić information content (AvgIpc) is 2.88. The highest BCUT2D eigenvalue weighted by Gasteiger charge is 2.17. The van der Waals surface area contributed by atoms with Crippen molar-refractivity contribution in [2.45, 2.75) is 12.5 Å². The molecule has 98 valence electrons. The van der Waals surface area contributed by atoms with E-state index in [0.717, 1.165) is 34.4 Å². The molecule has 0 saturated heterocycles. The molecule has 3 rings (SSSR count). The maximum absolute atomic E-state index is 6.41. The number of benzene rings is 2. The maximum atomic E-state index is 6.41. The zero-order valence-corrected chi connectivity index (χ0v) is 13.9. The van der Waals surface area contributed by atoms with E-state index in [4.69, 9.17) is 10.5 Å². The molecular weight excluding hydrogens is 417 g/mol. The summed E-state index contributed by atoms with van der Waals surface area (Å²) in [6.45, 7) is 0.780. The predicted octanol–water partition coefficient (Wildman–Crippen LogP) is 4.04. The van der Waals surface area contributed by atoms with Crippen LogP contribution in [0.1, 0.15) is 22.7 Å². The highest BCUT2D eigenvalue weighted by molar-refractivity contribution is 14.1. The van der Waals surface area contributed by atoms with Gasteiger partial charge in [0, 0.05) is 14.5 Å². The van der Waals surface area contributed by atoms with Gasteiger partial charge in [0.05, 0.1) is 12.6 Å². The van der Waals surface area contributed by atoms with E-state index >= 15 is 0 Å². The molecule has 4 heteroatoms. The summed E-state index contributed by atoms with van der Waals surface area (Å²) in [5.74, 6) is 1.000. The summed E-state index contributed by atoms with van der Waals surface area (Å²) in [7, 11) is 0. The van der Waals surface area contributed by atoms with E-state index in [2.05, 4.69) is 62.8 Å². The number of hydrogen-bond acceptors (Lipinski definition) is 2. The first-order chi connectivity index (χ1) is 9.15. The first kappa shape index (κ1) is 13.4. The van der Waals surface area contributed by atoms with Gasteiger partial charge in [0.25, 0.3) is 0 Å². The van der Waals surface area contributed by atoms with Crippen molar-refractivity contribution < 1.29 is 4.74 Å². The molecule has 2 aromatic rings. The summed E-state index contributed by atoms with van der Waals surface area (Å²) < 4.78 is 7.78. The van der Waals surface area contributed by atoms with Gasteiger partial charge in [0.2, 0.25) is 0 Å². The Morgan fingerprint density at radius 3 is 2.89 bits per heavy atom. The van der Waals surface area contributed by atoms with Gasteiger partial charge >= 0.3 is 0 Å². The quantitative estimate of drug-likeness (QED) is 0.731. The molecule has 0 aromatic heterocycles. The maximum Gasteiger partial charge on any atom is 0.122 e. The minimum Gasteiger partial charge on any atom is -0.493 e. The van der Waals surface area contributed by atoms with Gasteiger partial charge in [-0.05, 0) is 63.5 Å². The van der Waals surface area contributed by atoms with Gasteiger partial charge in [-0.3, -0.25) is 0 Å². The first-order valence-corrected chi connectivity index (χ1v) is 7.98. The van der Waals surface area contributed by atoms with Gasteiger partial charge < -0.3 is 10.5 Å². The third kappa shape index (κ3) is 2.66. The van der Waals surface area contributed by atoms with Crippen LogP contribution in [0.25, 0.3) is 0 Å². The minimum absolute atomic E-state index is 0.102. The summed E-state index contributed by atoms with van der Waals surface area (Å²) >= 11 is 5.84. The van der Waals surface area contributed by atoms with Crippen LogP contribution in [0.15, 0.2) is 40.9 Å². The molecule has 2 N–H and O–H groups in total. The Balaban J connectivity index is 1.99. The summed E-state index contributed by atoms with van der Waals surface area (Å²) in [4.78, 5) is 0. The molecule has 2 nitrogen and oxygen atoms in total. The fourth-order valence-electron chi connectivity index (χ4n) is 2.33. The van der Waals surface area contributed by atoms with Gasteiger partial charge in [-0.25, -0.2) is 0 Å². The second kappa shape index (κ2) is 5.42. The normalized spacial score (nSPS) is 14.9. The lowest BCUT2D eigenvalue weighted by Crippen LogP contribution is -2.13. The van der Waals surface area contributed by atoms with Crippen molar-refractivity contribution in [3.8, 4) is 5.75 Å². The Hall–Kier alpha value is -0.590. The first-order valence-electron chi connectivity index (χ1n) is 6.11. The second-order valence-electron chi connectivity index (χ2n) is 4.61. The molecule has 0 bridgehead atoms. The fraction of sp³-hybridized carbons (Fsp3) is 0.200. The Labute approximate surface area is 134 Å². The number of rotatable bonds is 2. The van der Waals surface area contributed by atoms with Crippen LogP contribution in [0.5, 0.6) is 5.75 Å². The molecule has 1 aliphatic rings. The summed E-state index contributed by atoms with van der Waals surface area (Å²) in [5.41, 5.74) is 9.96. The van der Waals surface area contributed by atoms with Gasteiger partial charge in [0.15, 0.2) is 0 Å². The van der Waals surface area contributed by atoms with Crippen LogP contribution in [-0.2, 0) is 6.42 Å². The van der Waals surface area contributed by atoms with E-state index in [1.807, 2.05) is 12.1 Å². The highest BCUT2D eigenvalue weighted by atomic mass is 127. The van der Waals surface area contributed by atoms with Crippen molar-refractivity contribution >= 4 is 38.5 Å². The standard InChI is InChI=1S/C15H13BrINO/c16-11-2-3-13(17)12(8-11)15(18)10-1-4-14-9(7-10)5-6-19-14/h1-4,7-8,15H,5-6,18H2. The molecule has 2 aromatic carbocycles. The molecule has 1 heterocycles. The van der Waals surface area contributed by atoms with Gasteiger partial charge in [-0.2, -0.15) is 0 Å². The minimum atomic E-state index is -0.102. The molecular formula is C15H13BrINO. The third-order valence-corrected chi connectivity index (χ3v) is 4.84. The number of nitrogens with two attached hydrogens (primary N) is 1. The van der Waals surface area contributed by atoms with Crippen LogP contribution in [0.4, 0.5) is 0 Å². The van der Waals surface area contributed by atoms with E-state index in [0.29, 0.717) is 0 Å². The van der Waals surface area contributed by atoms with Gasteiger partial charge in [-0.15, -0.1) is 0 Å². The average molecular weight is 430 g/mol. The summed E-state index contributed by atoms with van der Waals surface area (Å²) in [6.07, 6.45) is 0.978. The molecule has 0 spiro atoms. The molecule has 0 amide bonds. The van der Waals surface area contributed by atoms with Crippen molar-refractivity contribution in [1.29, 1.82) is 0 Å². The lowest BCUT2D eigenvalue weighted by molar-refractivity contribution is 0.357. The van der Waals surface area contributed by atoms with Crippen LogP contribution in [0.2, 0.25) is 0 Å². The zero-order chi connectivity index (χ0) is 13.4. The number of hydrogen-bond donors (Lipinski definition) is 1. The second-order valence-corrected chi connectivity index (χ2v) is 6.69. The monoisotopic (exact) mass is 429 g/mol. The molecule has 0 radical (unpaired) electrons. The molecule has 1 aliphatic heterocycles. The Bertz CT molecular complexity index is 630. The fourth-order valence-corrected chi connectivity index (χ4v) is 3.38. The SMILES string of the molecule is NC(c1ccc2c(c1)CCO2)c1cc(Br)ccc1I. The van der Waals surface area contributed by atoms with E-state index in [1.165, 1.54) is 9.13 Å². The predicted molar refractivity (Wildman–Crippen MR) is 88.5 cm³/mol. The number of ether oxygens (including phenoxy) is 1. The Morgan fingerprint density at radius 2 is 2.05 bits per heavy atom. The smallest absolute Gasteiger partial charge is 0.122 e. The zero-order valence-electron chi connectivity index (χ0n) is 10.2. The van der Waals surface area contributed by atoms with Gasteiger partial charge in [0.1, 0.15) is 5.75 Å². The number of fused-ring (bicyclic) bond motifs is 1. The van der Waals surface area contributed by atoms with E-state index in [-0.39, 0.29) is 6.04 Å².